The van der Waals surface area contributed by atoms with Gasteiger partial charge < -0.3 is 0 Å². The second-order valence-electron chi connectivity index (χ2n) is 2.56. The third-order valence-corrected chi connectivity index (χ3v) is 2.15. The van der Waals surface area contributed by atoms with Crippen molar-refractivity contribution in [3.05, 3.63) is 16.9 Å². The summed E-state index contributed by atoms with van der Waals surface area (Å²) in [6.45, 7) is 2.05. The van der Waals surface area contributed by atoms with Gasteiger partial charge in [0.25, 0.3) is 0 Å². The van der Waals surface area contributed by atoms with Gasteiger partial charge in [0.15, 0.2) is 0 Å². The van der Waals surface area contributed by atoms with E-state index in [1.54, 1.807) is 6.20 Å². The molecule has 0 aliphatic rings. The highest BCUT2D eigenvalue weighted by Gasteiger charge is 2.08. The highest BCUT2D eigenvalue weighted by Crippen LogP contribution is 2.16. The predicted octanol–water partition coefficient (Wildman–Crippen LogP) is 2.51. The van der Waals surface area contributed by atoms with Gasteiger partial charge in [-0.2, -0.15) is 10.4 Å². The minimum Gasteiger partial charge on any atom is -0.268 e. The van der Waals surface area contributed by atoms with Gasteiger partial charge >= 0.3 is 0 Å². The Balaban J connectivity index is 2.74. The van der Waals surface area contributed by atoms with Crippen LogP contribution in [-0.4, -0.2) is 9.78 Å². The van der Waals surface area contributed by atoms with Gasteiger partial charge in [0.1, 0.15) is 0 Å². The van der Waals surface area contributed by atoms with Crippen LogP contribution in [0.5, 0.6) is 0 Å². The fourth-order valence-electron chi connectivity index (χ4n) is 1.04. The van der Waals surface area contributed by atoms with E-state index in [0.29, 0.717) is 6.42 Å². The van der Waals surface area contributed by atoms with Gasteiger partial charge in [0, 0.05) is 6.20 Å². The van der Waals surface area contributed by atoms with E-state index in [1.165, 1.54) is 0 Å². The molecule has 1 aromatic rings. The summed E-state index contributed by atoms with van der Waals surface area (Å²) in [7, 11) is 0. The van der Waals surface area contributed by atoms with Crippen molar-refractivity contribution in [2.45, 2.75) is 25.8 Å². The first kappa shape index (κ1) is 9.27. The van der Waals surface area contributed by atoms with Gasteiger partial charge in [-0.05, 0) is 22.4 Å². The van der Waals surface area contributed by atoms with E-state index in [0.717, 1.165) is 10.9 Å². The van der Waals surface area contributed by atoms with Gasteiger partial charge in [0.05, 0.1) is 29.2 Å². The summed E-state index contributed by atoms with van der Waals surface area (Å²) in [5.74, 6) is 0. The molecule has 0 fully saturated rings. The third-order valence-electron chi connectivity index (χ3n) is 1.74. The topological polar surface area (TPSA) is 41.6 Å². The summed E-state index contributed by atoms with van der Waals surface area (Å²) in [6, 6.07) is 2.36. The number of nitriles is 1. The van der Waals surface area contributed by atoms with Crippen LogP contribution in [0.15, 0.2) is 16.9 Å². The smallest absolute Gasteiger partial charge is 0.0646 e. The lowest BCUT2D eigenvalue weighted by Gasteiger charge is -2.10. The minimum atomic E-state index is 0.210. The molecule has 0 saturated heterocycles. The van der Waals surface area contributed by atoms with Crippen LogP contribution in [0.2, 0.25) is 0 Å². The third kappa shape index (κ3) is 2.08. The molecule has 3 nitrogen and oxygen atoms in total. The number of aromatic nitrogens is 2. The number of hydrogen-bond donors (Lipinski definition) is 0. The molecule has 1 atom stereocenters. The van der Waals surface area contributed by atoms with Gasteiger partial charge in [-0.3, -0.25) is 4.68 Å². The van der Waals surface area contributed by atoms with E-state index < -0.39 is 0 Å². The molecule has 0 aliphatic carbocycles. The highest BCUT2D eigenvalue weighted by molar-refractivity contribution is 9.10. The molecule has 0 spiro atoms. The van der Waals surface area contributed by atoms with Crippen molar-refractivity contribution in [1.29, 1.82) is 5.26 Å². The number of hydrogen-bond acceptors (Lipinski definition) is 2. The molecule has 12 heavy (non-hydrogen) atoms. The van der Waals surface area contributed by atoms with Gasteiger partial charge in [-0.1, -0.05) is 6.92 Å². The van der Waals surface area contributed by atoms with E-state index in [4.69, 9.17) is 5.26 Å². The zero-order valence-electron chi connectivity index (χ0n) is 6.87. The summed E-state index contributed by atoms with van der Waals surface area (Å²) >= 11 is 3.31. The van der Waals surface area contributed by atoms with Crippen LogP contribution in [0.4, 0.5) is 0 Å². The Morgan fingerprint density at radius 3 is 3.00 bits per heavy atom. The Labute approximate surface area is 80.1 Å². The highest BCUT2D eigenvalue weighted by atomic mass is 79.9. The van der Waals surface area contributed by atoms with Crippen LogP contribution in [0.3, 0.4) is 0 Å². The maximum absolute atomic E-state index is 8.53. The van der Waals surface area contributed by atoms with E-state index in [9.17, 15) is 0 Å². The van der Waals surface area contributed by atoms with Crippen LogP contribution in [0, 0.1) is 11.3 Å². The summed E-state index contributed by atoms with van der Waals surface area (Å²) in [6.07, 6.45) is 5.08. The quantitative estimate of drug-likeness (QED) is 0.797. The maximum atomic E-state index is 8.53. The largest absolute Gasteiger partial charge is 0.268 e. The summed E-state index contributed by atoms with van der Waals surface area (Å²) in [5.41, 5.74) is 0. The molecule has 1 rings (SSSR count). The first-order chi connectivity index (χ1) is 5.77. The molecule has 0 radical (unpaired) electrons. The van der Waals surface area contributed by atoms with Crippen LogP contribution in [0.25, 0.3) is 0 Å². The van der Waals surface area contributed by atoms with Crippen molar-refractivity contribution in [3.8, 4) is 6.07 Å². The Hall–Kier alpha value is -0.820. The van der Waals surface area contributed by atoms with Crippen LogP contribution < -0.4 is 0 Å². The molecule has 0 aliphatic heterocycles. The number of rotatable bonds is 3. The van der Waals surface area contributed by atoms with Gasteiger partial charge in [-0.15, -0.1) is 0 Å². The maximum Gasteiger partial charge on any atom is 0.0646 e. The average Bonchev–Trinajstić information content (AvgIpc) is 2.47. The molecule has 0 bridgehead atoms. The molecule has 64 valence electrons. The van der Waals surface area contributed by atoms with Crippen molar-refractivity contribution in [2.24, 2.45) is 0 Å². The molecule has 1 aromatic heterocycles. The van der Waals surface area contributed by atoms with Gasteiger partial charge in [0.2, 0.25) is 0 Å². The van der Waals surface area contributed by atoms with E-state index in [-0.39, 0.29) is 6.04 Å². The summed E-state index contributed by atoms with van der Waals surface area (Å²) in [5, 5.41) is 12.7. The Morgan fingerprint density at radius 1 is 1.83 bits per heavy atom. The normalized spacial score (nSPS) is 12.4. The standard InChI is InChI=1S/C8H10BrN3/c1-2-8(3-4-10)12-6-7(9)5-11-12/h5-6,8H,2-3H2,1H3. The lowest BCUT2D eigenvalue weighted by atomic mass is 10.2. The fourth-order valence-corrected chi connectivity index (χ4v) is 1.35. The number of nitrogens with zero attached hydrogens (tertiary/aromatic N) is 3. The van der Waals surface area contributed by atoms with E-state index >= 15 is 0 Å². The molecule has 1 unspecified atom stereocenters. The van der Waals surface area contributed by atoms with Crippen molar-refractivity contribution in [1.82, 2.24) is 9.78 Å². The molecule has 0 aromatic carbocycles. The van der Waals surface area contributed by atoms with Crippen LogP contribution in [-0.2, 0) is 0 Å². The Bertz CT molecular complexity index is 287. The first-order valence-electron chi connectivity index (χ1n) is 3.84. The Morgan fingerprint density at radius 2 is 2.58 bits per heavy atom. The minimum absolute atomic E-state index is 0.210. The van der Waals surface area contributed by atoms with Crippen molar-refractivity contribution < 1.29 is 0 Å². The second-order valence-corrected chi connectivity index (χ2v) is 3.48. The zero-order valence-corrected chi connectivity index (χ0v) is 8.45. The van der Waals surface area contributed by atoms with Crippen molar-refractivity contribution in [3.63, 3.8) is 0 Å². The molecule has 4 heteroatoms. The van der Waals surface area contributed by atoms with Crippen LogP contribution in [0.1, 0.15) is 25.8 Å². The summed E-state index contributed by atoms with van der Waals surface area (Å²) in [4.78, 5) is 0. The molecule has 1 heterocycles. The fraction of sp³-hybridized carbons (Fsp3) is 0.500. The first-order valence-corrected chi connectivity index (χ1v) is 4.63. The molecule has 0 N–H and O–H groups in total. The Kier molecular flexibility index (Phi) is 3.30. The van der Waals surface area contributed by atoms with E-state index in [1.807, 2.05) is 10.9 Å². The molecular formula is C8H10BrN3. The SMILES string of the molecule is CCC(CC#N)n1cc(Br)cn1. The average molecular weight is 228 g/mol. The molecule has 0 amide bonds. The summed E-state index contributed by atoms with van der Waals surface area (Å²) < 4.78 is 2.78. The zero-order chi connectivity index (χ0) is 8.97. The molecular weight excluding hydrogens is 218 g/mol. The van der Waals surface area contributed by atoms with Crippen molar-refractivity contribution in [2.75, 3.05) is 0 Å². The second kappa shape index (κ2) is 4.27. The predicted molar refractivity (Wildman–Crippen MR) is 49.5 cm³/mol. The monoisotopic (exact) mass is 227 g/mol. The van der Waals surface area contributed by atoms with Crippen molar-refractivity contribution >= 4 is 15.9 Å². The number of halogens is 1. The lowest BCUT2D eigenvalue weighted by molar-refractivity contribution is 0.448. The molecule has 0 saturated carbocycles. The van der Waals surface area contributed by atoms with Crippen LogP contribution >= 0.6 is 15.9 Å². The van der Waals surface area contributed by atoms with E-state index in [2.05, 4.69) is 34.0 Å². The van der Waals surface area contributed by atoms with Gasteiger partial charge in [-0.25, -0.2) is 0 Å². The lowest BCUT2D eigenvalue weighted by Crippen LogP contribution is -2.07.